The van der Waals surface area contributed by atoms with E-state index in [1.165, 1.54) is 6.07 Å². The first-order chi connectivity index (χ1) is 10.4. The number of carboxylic acids is 2. The van der Waals surface area contributed by atoms with E-state index in [4.69, 9.17) is 5.11 Å². The van der Waals surface area contributed by atoms with Crippen molar-refractivity contribution in [2.45, 2.75) is 18.9 Å². The standard InChI is InChI=1S/C13H15N2O6P/c16-12(17)5-4-11(13(18)19)15(22(20)21)10-3-1-2-9-8(10)6-7-14-9/h1-3,6-7,11,14,22H,4-5H2,(H,16,17)(H,18,19)(H,20,21). The summed E-state index contributed by atoms with van der Waals surface area (Å²) in [5.41, 5.74) is 0.969. The summed E-state index contributed by atoms with van der Waals surface area (Å²) in [4.78, 5) is 34.6. The summed E-state index contributed by atoms with van der Waals surface area (Å²) in [6, 6.07) is 5.18. The third-order valence-electron chi connectivity index (χ3n) is 3.27. The molecule has 0 fully saturated rings. The Balaban J connectivity index is 2.47. The second kappa shape index (κ2) is 6.64. The van der Waals surface area contributed by atoms with Gasteiger partial charge in [-0.15, -0.1) is 0 Å². The minimum absolute atomic E-state index is 0.275. The summed E-state index contributed by atoms with van der Waals surface area (Å²) in [6.07, 6.45) is 0.947. The van der Waals surface area contributed by atoms with Crippen molar-refractivity contribution in [1.29, 1.82) is 0 Å². The molecule has 2 atom stereocenters. The van der Waals surface area contributed by atoms with Gasteiger partial charge < -0.3 is 20.1 Å². The number of fused-ring (bicyclic) bond motifs is 1. The molecule has 0 spiro atoms. The molecule has 8 nitrogen and oxygen atoms in total. The van der Waals surface area contributed by atoms with Crippen LogP contribution < -0.4 is 4.67 Å². The van der Waals surface area contributed by atoms with Gasteiger partial charge in [-0.2, -0.15) is 0 Å². The lowest BCUT2D eigenvalue weighted by atomic mass is 10.1. The highest BCUT2D eigenvalue weighted by Gasteiger charge is 2.30. The number of carboxylic acid groups (broad SMARTS) is 2. The quantitative estimate of drug-likeness (QED) is 0.569. The van der Waals surface area contributed by atoms with Gasteiger partial charge in [0.05, 0.1) is 5.69 Å². The van der Waals surface area contributed by atoms with Gasteiger partial charge in [0.2, 0.25) is 0 Å². The van der Waals surface area contributed by atoms with E-state index in [0.717, 1.165) is 4.67 Å². The van der Waals surface area contributed by atoms with E-state index in [2.05, 4.69) is 4.98 Å². The van der Waals surface area contributed by atoms with Gasteiger partial charge in [0.15, 0.2) is 0 Å². The molecule has 118 valence electrons. The minimum atomic E-state index is -3.39. The first-order valence-electron chi connectivity index (χ1n) is 6.44. The van der Waals surface area contributed by atoms with E-state index in [1.807, 2.05) is 0 Å². The number of nitrogens with zero attached hydrogens (tertiary/aromatic N) is 1. The number of nitrogens with one attached hydrogen (secondary N) is 1. The molecule has 0 saturated carbocycles. The summed E-state index contributed by atoms with van der Waals surface area (Å²) in [5.74, 6) is -2.51. The number of anilines is 1. The zero-order valence-corrected chi connectivity index (χ0v) is 12.4. The normalized spacial score (nSPS) is 13.7. The molecule has 0 aliphatic rings. The maximum Gasteiger partial charge on any atom is 0.326 e. The largest absolute Gasteiger partial charge is 0.481 e. The van der Waals surface area contributed by atoms with E-state index in [9.17, 15) is 24.2 Å². The lowest BCUT2D eigenvalue weighted by molar-refractivity contribution is -0.139. The van der Waals surface area contributed by atoms with Crippen LogP contribution in [0.5, 0.6) is 0 Å². The topological polar surface area (TPSA) is 131 Å². The number of aliphatic carboxylic acids is 2. The summed E-state index contributed by atoms with van der Waals surface area (Å²) in [6.45, 7) is 0. The molecule has 1 aromatic heterocycles. The number of H-pyrrole nitrogens is 1. The molecule has 0 radical (unpaired) electrons. The molecule has 2 unspecified atom stereocenters. The van der Waals surface area contributed by atoms with E-state index in [0.29, 0.717) is 10.9 Å². The van der Waals surface area contributed by atoms with Gasteiger partial charge in [-0.1, -0.05) is 6.07 Å². The zero-order valence-electron chi connectivity index (χ0n) is 11.4. The Morgan fingerprint density at radius 3 is 2.59 bits per heavy atom. The number of rotatable bonds is 7. The lowest BCUT2D eigenvalue weighted by Crippen LogP contribution is -2.37. The number of hydrogen-bond donors (Lipinski definition) is 4. The molecule has 1 heterocycles. The number of aromatic amines is 1. The highest BCUT2D eigenvalue weighted by molar-refractivity contribution is 7.40. The van der Waals surface area contributed by atoms with Gasteiger partial charge in [-0.25, -0.2) is 4.79 Å². The highest BCUT2D eigenvalue weighted by Crippen LogP contribution is 2.38. The molecule has 9 heteroatoms. The molecular weight excluding hydrogens is 311 g/mol. The van der Waals surface area contributed by atoms with Crippen molar-refractivity contribution in [2.24, 2.45) is 0 Å². The Hall–Kier alpha value is -2.31. The van der Waals surface area contributed by atoms with Gasteiger partial charge >= 0.3 is 11.9 Å². The van der Waals surface area contributed by atoms with Crippen molar-refractivity contribution in [2.75, 3.05) is 4.67 Å². The molecule has 2 aromatic rings. The maximum atomic E-state index is 11.7. The van der Waals surface area contributed by atoms with Crippen molar-refractivity contribution in [3.63, 3.8) is 0 Å². The lowest BCUT2D eigenvalue weighted by Gasteiger charge is -2.28. The van der Waals surface area contributed by atoms with Crippen LogP contribution in [0, 0.1) is 0 Å². The summed E-state index contributed by atoms with van der Waals surface area (Å²) >= 11 is 0. The third-order valence-corrected chi connectivity index (χ3v) is 4.23. The first kappa shape index (κ1) is 16.1. The van der Waals surface area contributed by atoms with Crippen LogP contribution in [-0.2, 0) is 14.2 Å². The van der Waals surface area contributed by atoms with Crippen LogP contribution in [0.1, 0.15) is 12.8 Å². The van der Waals surface area contributed by atoms with Gasteiger partial charge in [0.25, 0.3) is 8.18 Å². The predicted molar refractivity (Wildman–Crippen MR) is 80.3 cm³/mol. The number of benzene rings is 1. The second-order valence-electron chi connectivity index (χ2n) is 4.66. The molecule has 4 N–H and O–H groups in total. The predicted octanol–water partition coefficient (Wildman–Crippen LogP) is 1.67. The van der Waals surface area contributed by atoms with E-state index in [-0.39, 0.29) is 12.1 Å². The smallest absolute Gasteiger partial charge is 0.326 e. The summed E-state index contributed by atoms with van der Waals surface area (Å²) < 4.78 is 12.6. The molecular formula is C13H15N2O6P. The van der Waals surface area contributed by atoms with Crippen molar-refractivity contribution in [1.82, 2.24) is 4.98 Å². The van der Waals surface area contributed by atoms with Crippen LogP contribution >= 0.6 is 8.18 Å². The van der Waals surface area contributed by atoms with Crippen molar-refractivity contribution in [3.05, 3.63) is 30.5 Å². The van der Waals surface area contributed by atoms with Gasteiger partial charge in [-0.3, -0.25) is 14.0 Å². The highest BCUT2D eigenvalue weighted by atomic mass is 31.1. The van der Waals surface area contributed by atoms with Crippen LogP contribution in [-0.4, -0.2) is 38.1 Å². The van der Waals surface area contributed by atoms with E-state index >= 15 is 0 Å². The minimum Gasteiger partial charge on any atom is -0.481 e. The van der Waals surface area contributed by atoms with Crippen LogP contribution in [0.25, 0.3) is 10.9 Å². The van der Waals surface area contributed by atoms with Crippen LogP contribution in [0.2, 0.25) is 0 Å². The molecule has 0 bridgehead atoms. The zero-order chi connectivity index (χ0) is 16.3. The second-order valence-corrected chi connectivity index (χ2v) is 5.70. The Morgan fingerprint density at radius 1 is 1.27 bits per heavy atom. The third kappa shape index (κ3) is 3.29. The molecule has 2 rings (SSSR count). The van der Waals surface area contributed by atoms with E-state index < -0.39 is 32.6 Å². The SMILES string of the molecule is O=C(O)CCC(C(=O)O)N(c1cccc2[nH]ccc12)[PH](=O)O. The molecule has 0 aliphatic carbocycles. The first-order valence-corrected chi connectivity index (χ1v) is 7.75. The molecule has 22 heavy (non-hydrogen) atoms. The molecule has 0 aliphatic heterocycles. The summed E-state index contributed by atoms with van der Waals surface area (Å²) in [5, 5.41) is 18.6. The average molecular weight is 326 g/mol. The van der Waals surface area contributed by atoms with Crippen LogP contribution in [0.3, 0.4) is 0 Å². The Kier molecular flexibility index (Phi) is 4.85. The van der Waals surface area contributed by atoms with E-state index in [1.54, 1.807) is 24.4 Å². The fourth-order valence-corrected chi connectivity index (χ4v) is 3.21. The molecule has 1 aromatic carbocycles. The van der Waals surface area contributed by atoms with Gasteiger partial charge in [0.1, 0.15) is 6.04 Å². The number of carbonyl (C=O) groups is 2. The number of aromatic nitrogens is 1. The van der Waals surface area contributed by atoms with Crippen molar-refractivity contribution < 1.29 is 29.3 Å². The van der Waals surface area contributed by atoms with Crippen LogP contribution in [0.4, 0.5) is 5.69 Å². The molecule has 0 saturated heterocycles. The Morgan fingerprint density at radius 2 is 2.00 bits per heavy atom. The maximum absolute atomic E-state index is 11.7. The Labute approximate surface area is 125 Å². The van der Waals surface area contributed by atoms with Crippen molar-refractivity contribution in [3.8, 4) is 0 Å². The summed E-state index contributed by atoms with van der Waals surface area (Å²) in [7, 11) is -3.39. The number of hydrogen-bond acceptors (Lipinski definition) is 3. The van der Waals surface area contributed by atoms with Gasteiger partial charge in [0, 0.05) is 23.5 Å². The molecule has 0 amide bonds. The van der Waals surface area contributed by atoms with Crippen molar-refractivity contribution >= 4 is 36.7 Å². The monoisotopic (exact) mass is 326 g/mol. The fourth-order valence-electron chi connectivity index (χ4n) is 2.31. The van der Waals surface area contributed by atoms with Crippen LogP contribution in [0.15, 0.2) is 30.5 Å². The Bertz CT molecular complexity index is 728. The fraction of sp³-hybridized carbons (Fsp3) is 0.231. The average Bonchev–Trinajstić information content (AvgIpc) is 2.90. The van der Waals surface area contributed by atoms with Gasteiger partial charge in [-0.05, 0) is 24.6 Å².